The second kappa shape index (κ2) is 9.72. The van der Waals surface area contributed by atoms with Crippen LogP contribution in [0.1, 0.15) is 26.3 Å². The van der Waals surface area contributed by atoms with Gasteiger partial charge >= 0.3 is 0 Å². The molecule has 0 radical (unpaired) electrons. The van der Waals surface area contributed by atoms with Crippen molar-refractivity contribution in [1.29, 1.82) is 0 Å². The fourth-order valence-electron chi connectivity index (χ4n) is 1.48. The summed E-state index contributed by atoms with van der Waals surface area (Å²) in [6.07, 6.45) is 1.27. The fourth-order valence-corrected chi connectivity index (χ4v) is 1.80. The Hall–Kier alpha value is -1.17. The van der Waals surface area contributed by atoms with Crippen LogP contribution in [0.2, 0.25) is 0 Å². The molecule has 0 aliphatic heterocycles. The van der Waals surface area contributed by atoms with Crippen molar-refractivity contribution in [1.82, 2.24) is 0 Å². The second-order valence-corrected chi connectivity index (χ2v) is 5.27. The van der Waals surface area contributed by atoms with Gasteiger partial charge in [-0.05, 0) is 32.4 Å². The highest BCUT2D eigenvalue weighted by Gasteiger charge is 1.92. The van der Waals surface area contributed by atoms with Crippen LogP contribution in [-0.4, -0.2) is 32.6 Å². The van der Waals surface area contributed by atoms with Gasteiger partial charge < -0.3 is 9.45 Å². The van der Waals surface area contributed by atoms with Crippen LogP contribution < -0.4 is 4.90 Å². The lowest BCUT2D eigenvalue weighted by atomic mass is 10.2. The van der Waals surface area contributed by atoms with Gasteiger partial charge in [0.15, 0.2) is 0 Å². The van der Waals surface area contributed by atoms with E-state index in [1.54, 1.807) is 29.2 Å². The van der Waals surface area contributed by atoms with Gasteiger partial charge in [0.1, 0.15) is 10.1 Å². The van der Waals surface area contributed by atoms with Crippen molar-refractivity contribution < 1.29 is 17.9 Å². The first-order chi connectivity index (χ1) is 8.92. The third kappa shape index (κ3) is 10.4. The summed E-state index contributed by atoms with van der Waals surface area (Å²) < 4.78 is 30.5. The van der Waals surface area contributed by atoms with Crippen LogP contribution in [0.4, 0.5) is 0 Å². The predicted octanol–water partition coefficient (Wildman–Crippen LogP) is 1.13. The van der Waals surface area contributed by atoms with Gasteiger partial charge in [-0.2, -0.15) is 0 Å². The van der Waals surface area contributed by atoms with E-state index in [9.17, 15) is 13.0 Å². The van der Waals surface area contributed by atoms with Crippen LogP contribution in [0, 0.1) is 0 Å². The zero-order valence-electron chi connectivity index (χ0n) is 11.8. The van der Waals surface area contributed by atoms with Gasteiger partial charge in [-0.3, -0.25) is 0 Å². The van der Waals surface area contributed by atoms with Crippen molar-refractivity contribution in [2.24, 2.45) is 0 Å². The summed E-state index contributed by atoms with van der Waals surface area (Å²) in [6, 6.07) is 8.75. The lowest BCUT2D eigenvalue weighted by molar-refractivity contribution is -0.894. The molecule has 0 aromatic heterocycles. The van der Waals surface area contributed by atoms with Crippen LogP contribution in [0.5, 0.6) is 0 Å². The molecule has 1 aromatic carbocycles. The molecule has 19 heavy (non-hydrogen) atoms. The first kappa shape index (κ1) is 17.8. The van der Waals surface area contributed by atoms with E-state index in [1.807, 2.05) is 6.07 Å². The molecule has 5 heteroatoms. The van der Waals surface area contributed by atoms with Crippen molar-refractivity contribution >= 4 is 16.2 Å². The van der Waals surface area contributed by atoms with Gasteiger partial charge in [0.2, 0.25) is 0 Å². The Morgan fingerprint density at radius 1 is 1.05 bits per heavy atom. The van der Waals surface area contributed by atoms with Gasteiger partial charge in [0.05, 0.1) is 19.6 Å². The molecule has 1 aromatic rings. The summed E-state index contributed by atoms with van der Waals surface area (Å²) in [4.78, 5) is 1.68. The molecule has 0 unspecified atom stereocenters. The van der Waals surface area contributed by atoms with Crippen molar-refractivity contribution in [2.75, 3.05) is 19.6 Å². The average Bonchev–Trinajstić information content (AvgIpc) is 2.40. The third-order valence-electron chi connectivity index (χ3n) is 2.73. The number of rotatable bonds is 5. The van der Waals surface area contributed by atoms with E-state index >= 15 is 0 Å². The molecule has 0 saturated heterocycles. The predicted molar refractivity (Wildman–Crippen MR) is 77.8 cm³/mol. The molecule has 0 fully saturated rings. The molecule has 4 nitrogen and oxygen atoms in total. The maximum absolute atomic E-state index is 10.2. The van der Waals surface area contributed by atoms with Crippen molar-refractivity contribution in [3.05, 3.63) is 41.3 Å². The second-order valence-electron chi connectivity index (χ2n) is 4.02. The largest absolute Gasteiger partial charge is 0.744 e. The van der Waals surface area contributed by atoms with Gasteiger partial charge in [0.25, 0.3) is 0 Å². The number of quaternary nitrogens is 1. The Morgan fingerprint density at radius 2 is 1.53 bits per heavy atom. The number of hydrogen-bond acceptors (Lipinski definition) is 3. The molecule has 0 spiro atoms. The fraction of sp³-hybridized carbons (Fsp3) is 0.429. The van der Waals surface area contributed by atoms with Gasteiger partial charge in [-0.25, -0.2) is 8.42 Å². The van der Waals surface area contributed by atoms with Crippen molar-refractivity contribution in [2.45, 2.75) is 20.8 Å². The van der Waals surface area contributed by atoms with Gasteiger partial charge in [-0.15, -0.1) is 0 Å². The Kier molecular flexibility index (Phi) is 9.12. The zero-order valence-corrected chi connectivity index (χ0v) is 12.6. The quantitative estimate of drug-likeness (QED) is 0.825. The monoisotopic (exact) mass is 285 g/mol. The van der Waals surface area contributed by atoms with E-state index in [0.29, 0.717) is 11.0 Å². The van der Waals surface area contributed by atoms with Crippen LogP contribution >= 0.6 is 0 Å². The molecule has 0 atom stereocenters. The minimum atomic E-state index is -4.25. The number of hydrogen-bond donors (Lipinski definition) is 1. The molecule has 1 rings (SSSR count). The first-order valence-corrected chi connectivity index (χ1v) is 7.92. The molecular formula is C14H23NO3S. The molecule has 0 aliphatic rings. The summed E-state index contributed by atoms with van der Waals surface area (Å²) in [5.41, 5.74) is 0.692. The lowest BCUT2D eigenvalue weighted by Crippen LogP contribution is -3.11. The summed E-state index contributed by atoms with van der Waals surface area (Å²) in [7, 11) is -4.25. The summed E-state index contributed by atoms with van der Waals surface area (Å²) >= 11 is 0. The molecule has 0 saturated carbocycles. The molecule has 0 heterocycles. The Morgan fingerprint density at radius 3 is 1.84 bits per heavy atom. The SMILES string of the molecule is CC[NH+](CC)CC.O=S(=O)([O-])C=Cc1ccccc1. The van der Waals surface area contributed by atoms with Crippen LogP contribution in [0.25, 0.3) is 6.08 Å². The molecule has 0 amide bonds. The molecule has 108 valence electrons. The maximum atomic E-state index is 10.2. The highest BCUT2D eigenvalue weighted by molar-refractivity contribution is 7.88. The first-order valence-electron chi connectivity index (χ1n) is 6.45. The number of nitrogens with one attached hydrogen (secondary N) is 1. The van der Waals surface area contributed by atoms with Crippen molar-refractivity contribution in [3.8, 4) is 0 Å². The third-order valence-corrected chi connectivity index (χ3v) is 3.20. The summed E-state index contributed by atoms with van der Waals surface area (Å²) in [6.45, 7) is 10.5. The van der Waals surface area contributed by atoms with E-state index in [2.05, 4.69) is 20.8 Å². The van der Waals surface area contributed by atoms with E-state index in [4.69, 9.17) is 0 Å². The van der Waals surface area contributed by atoms with E-state index < -0.39 is 10.1 Å². The maximum Gasteiger partial charge on any atom is 0.117 e. The standard InChI is InChI=1S/C8H8O3S.C6H15N/c9-12(10,11)7-6-8-4-2-1-3-5-8;1-4-7(5-2)6-3/h1-7H,(H,9,10,11);4-6H2,1-3H3. The number of benzene rings is 1. The zero-order chi connectivity index (χ0) is 14.7. The smallest absolute Gasteiger partial charge is 0.117 e. The van der Waals surface area contributed by atoms with E-state index in [1.165, 1.54) is 25.7 Å². The molecule has 0 bridgehead atoms. The summed E-state index contributed by atoms with van der Waals surface area (Å²) in [5, 5.41) is 0.641. The summed E-state index contributed by atoms with van der Waals surface area (Å²) in [5.74, 6) is 0. The lowest BCUT2D eigenvalue weighted by Gasteiger charge is -2.10. The Balaban J connectivity index is 0.000000399. The van der Waals surface area contributed by atoms with Crippen molar-refractivity contribution in [3.63, 3.8) is 0 Å². The molecule has 0 aliphatic carbocycles. The highest BCUT2D eigenvalue weighted by atomic mass is 32.2. The van der Waals surface area contributed by atoms with Crippen LogP contribution in [-0.2, 0) is 10.1 Å². The minimum Gasteiger partial charge on any atom is -0.744 e. The topological polar surface area (TPSA) is 61.6 Å². The van der Waals surface area contributed by atoms with Gasteiger partial charge in [-0.1, -0.05) is 30.3 Å². The van der Waals surface area contributed by atoms with Crippen LogP contribution in [0.15, 0.2) is 35.7 Å². The average molecular weight is 285 g/mol. The minimum absolute atomic E-state index is 0.641. The molecule has 1 N–H and O–H groups in total. The highest BCUT2D eigenvalue weighted by Crippen LogP contribution is 2.01. The van der Waals surface area contributed by atoms with E-state index in [-0.39, 0.29) is 0 Å². The Labute approximate surface area is 116 Å². The van der Waals surface area contributed by atoms with Crippen LogP contribution in [0.3, 0.4) is 0 Å². The Bertz CT molecular complexity index is 445. The normalized spacial score (nSPS) is 11.4. The van der Waals surface area contributed by atoms with E-state index in [0.717, 1.165) is 0 Å². The van der Waals surface area contributed by atoms with Gasteiger partial charge in [0, 0.05) is 5.41 Å². The molecular weight excluding hydrogens is 262 g/mol.